The van der Waals surface area contributed by atoms with Crippen LogP contribution in [0.2, 0.25) is 0 Å². The quantitative estimate of drug-likeness (QED) is 0.446. The third-order valence-corrected chi connectivity index (χ3v) is 6.64. The van der Waals surface area contributed by atoms with Gasteiger partial charge in [0.15, 0.2) is 0 Å². The number of sulfonamides is 1. The molecule has 2 N–H and O–H groups in total. The van der Waals surface area contributed by atoms with Crippen LogP contribution in [-0.4, -0.2) is 37.7 Å². The molecule has 2 fully saturated rings. The summed E-state index contributed by atoms with van der Waals surface area (Å²) in [4.78, 5) is 10.6. The predicted octanol–water partition coefficient (Wildman–Crippen LogP) is 3.63. The zero-order valence-corrected chi connectivity index (χ0v) is 17.5. The monoisotopic (exact) mass is 419 g/mol. The Bertz CT molecular complexity index is 877. The fraction of sp³-hybridized carbons (Fsp3) is 0.500. The molecule has 0 aromatic heterocycles. The Balaban J connectivity index is 1.58. The molecule has 29 heavy (non-hydrogen) atoms. The largest absolute Gasteiger partial charge is 0.481 e. The molecule has 4 unspecified atom stereocenters. The second-order valence-electron chi connectivity index (χ2n) is 7.85. The van der Waals surface area contributed by atoms with Crippen LogP contribution in [0.15, 0.2) is 41.8 Å². The molecule has 2 bridgehead atoms. The first-order chi connectivity index (χ1) is 13.8. The summed E-state index contributed by atoms with van der Waals surface area (Å²) in [5.74, 6) is -0.681. The number of aliphatic carboxylic acids is 1. The zero-order chi connectivity index (χ0) is 20.9. The summed E-state index contributed by atoms with van der Waals surface area (Å²) in [5.41, 5.74) is 1.93. The zero-order valence-electron chi connectivity index (χ0n) is 16.7. The van der Waals surface area contributed by atoms with E-state index in [2.05, 4.69) is 4.72 Å². The lowest BCUT2D eigenvalue weighted by atomic mass is 9.83. The molecule has 0 aliphatic carbocycles. The number of carboxylic acids is 1. The Morgan fingerprint density at radius 3 is 2.83 bits per heavy atom. The number of benzene rings is 1. The van der Waals surface area contributed by atoms with E-state index in [4.69, 9.17) is 9.84 Å². The third kappa shape index (κ3) is 6.26. The summed E-state index contributed by atoms with van der Waals surface area (Å²) in [6.07, 6.45) is 9.67. The minimum Gasteiger partial charge on any atom is -0.481 e. The molecule has 4 atom stereocenters. The van der Waals surface area contributed by atoms with Gasteiger partial charge in [-0.3, -0.25) is 4.79 Å². The lowest BCUT2D eigenvalue weighted by Crippen LogP contribution is -2.46. The summed E-state index contributed by atoms with van der Waals surface area (Å²) < 4.78 is 34.0. The highest BCUT2D eigenvalue weighted by Gasteiger charge is 2.49. The maximum absolute atomic E-state index is 12.6. The molecule has 0 saturated carbocycles. The smallest absolute Gasteiger partial charge is 0.303 e. The van der Waals surface area contributed by atoms with Crippen LogP contribution in [0.4, 0.5) is 0 Å². The molecule has 158 valence electrons. The summed E-state index contributed by atoms with van der Waals surface area (Å²) in [6, 6.07) is 7.45. The number of carbonyl (C=O) groups is 1. The van der Waals surface area contributed by atoms with Gasteiger partial charge in [0.05, 0.1) is 18.2 Å². The van der Waals surface area contributed by atoms with Gasteiger partial charge in [-0.2, -0.15) is 0 Å². The summed E-state index contributed by atoms with van der Waals surface area (Å²) in [7, 11) is -3.58. The molecule has 3 rings (SSSR count). The number of unbranched alkanes of at least 4 members (excludes halogenated alkanes) is 1. The van der Waals surface area contributed by atoms with E-state index in [1.54, 1.807) is 6.08 Å². The van der Waals surface area contributed by atoms with Crippen molar-refractivity contribution in [1.82, 2.24) is 4.72 Å². The normalized spacial score (nSPS) is 26.7. The number of ether oxygens (including phenoxy) is 1. The van der Waals surface area contributed by atoms with Crippen LogP contribution in [-0.2, 0) is 19.6 Å². The van der Waals surface area contributed by atoms with E-state index < -0.39 is 16.0 Å². The highest BCUT2D eigenvalue weighted by Crippen LogP contribution is 2.41. The molecule has 7 heteroatoms. The van der Waals surface area contributed by atoms with Crippen molar-refractivity contribution in [3.8, 4) is 0 Å². The summed E-state index contributed by atoms with van der Waals surface area (Å²) >= 11 is 0. The standard InChI is InChI=1S/C22H29NO5S/c1-16-7-6-8-17(15-16)13-14-29(26,27)23-22-18(19-11-12-20(22)28-19)9-4-2-3-5-10-21(24)25/h2,4,6-8,13-15,18-20,22-23H,3,5,9-12H2,1H3,(H,24,25)/b4-2+,14-13+. The number of carboxylic acid groups (broad SMARTS) is 1. The van der Waals surface area contributed by atoms with Gasteiger partial charge in [-0.25, -0.2) is 13.1 Å². The van der Waals surface area contributed by atoms with Gasteiger partial charge >= 0.3 is 5.97 Å². The van der Waals surface area contributed by atoms with Gasteiger partial charge in [-0.15, -0.1) is 0 Å². The van der Waals surface area contributed by atoms with Crippen LogP contribution < -0.4 is 4.72 Å². The molecule has 0 amide bonds. The fourth-order valence-electron chi connectivity index (χ4n) is 4.15. The Labute approximate surface area is 172 Å². The van der Waals surface area contributed by atoms with Gasteiger partial charge in [-0.1, -0.05) is 42.0 Å². The molecule has 1 aromatic carbocycles. The van der Waals surface area contributed by atoms with Crippen LogP contribution in [0.25, 0.3) is 6.08 Å². The van der Waals surface area contributed by atoms with E-state index in [1.165, 1.54) is 5.41 Å². The molecule has 1 aromatic rings. The number of rotatable bonds is 10. The Hall–Kier alpha value is -1.96. The van der Waals surface area contributed by atoms with Crippen molar-refractivity contribution in [1.29, 1.82) is 0 Å². The summed E-state index contributed by atoms with van der Waals surface area (Å²) in [6.45, 7) is 1.97. The number of allylic oxidation sites excluding steroid dienone is 2. The van der Waals surface area contributed by atoms with Crippen molar-refractivity contribution < 1.29 is 23.1 Å². The third-order valence-electron chi connectivity index (χ3n) is 5.54. The molecule has 2 aliphatic rings. The highest BCUT2D eigenvalue weighted by atomic mass is 32.2. The van der Waals surface area contributed by atoms with Crippen LogP contribution in [0.5, 0.6) is 0 Å². The molecule has 0 spiro atoms. The lowest BCUT2D eigenvalue weighted by Gasteiger charge is -2.27. The van der Waals surface area contributed by atoms with Crippen molar-refractivity contribution in [3.05, 3.63) is 53.0 Å². The van der Waals surface area contributed by atoms with Gasteiger partial charge in [0.1, 0.15) is 0 Å². The van der Waals surface area contributed by atoms with Crippen molar-refractivity contribution in [2.75, 3.05) is 0 Å². The topological polar surface area (TPSA) is 92.7 Å². The van der Waals surface area contributed by atoms with Crippen molar-refractivity contribution in [2.45, 2.75) is 63.7 Å². The molecule has 2 aliphatic heterocycles. The molecule has 2 saturated heterocycles. The van der Waals surface area contributed by atoms with Crippen LogP contribution in [0.3, 0.4) is 0 Å². The minimum atomic E-state index is -3.58. The molecular formula is C22H29NO5S. The Morgan fingerprint density at radius 2 is 2.07 bits per heavy atom. The van der Waals surface area contributed by atoms with Gasteiger partial charge in [-0.05, 0) is 50.7 Å². The molecule has 6 nitrogen and oxygen atoms in total. The molecular weight excluding hydrogens is 390 g/mol. The van der Waals surface area contributed by atoms with Crippen LogP contribution >= 0.6 is 0 Å². The van der Waals surface area contributed by atoms with E-state index in [0.717, 1.165) is 30.4 Å². The number of hydrogen-bond acceptors (Lipinski definition) is 4. The number of nitrogens with one attached hydrogen (secondary N) is 1. The van der Waals surface area contributed by atoms with E-state index in [1.807, 2.05) is 43.3 Å². The highest BCUT2D eigenvalue weighted by molar-refractivity contribution is 7.92. The van der Waals surface area contributed by atoms with Crippen molar-refractivity contribution in [3.63, 3.8) is 0 Å². The predicted molar refractivity (Wildman–Crippen MR) is 113 cm³/mol. The maximum atomic E-state index is 12.6. The number of fused-ring (bicyclic) bond motifs is 2. The Morgan fingerprint density at radius 1 is 1.28 bits per heavy atom. The average Bonchev–Trinajstić information content (AvgIpc) is 3.25. The first-order valence-corrected chi connectivity index (χ1v) is 11.7. The number of hydrogen-bond donors (Lipinski definition) is 2. The second-order valence-corrected chi connectivity index (χ2v) is 9.45. The number of aryl methyl sites for hydroxylation is 1. The van der Waals surface area contributed by atoms with Crippen LogP contribution in [0.1, 0.15) is 49.7 Å². The van der Waals surface area contributed by atoms with Gasteiger partial charge < -0.3 is 9.84 Å². The minimum absolute atomic E-state index is 0.0763. The van der Waals surface area contributed by atoms with E-state index in [9.17, 15) is 13.2 Å². The summed E-state index contributed by atoms with van der Waals surface area (Å²) in [5, 5.41) is 9.90. The second kappa shape index (κ2) is 9.69. The van der Waals surface area contributed by atoms with Crippen molar-refractivity contribution in [2.24, 2.45) is 5.92 Å². The Kier molecular flexibility index (Phi) is 7.27. The van der Waals surface area contributed by atoms with Gasteiger partial charge in [0.2, 0.25) is 10.0 Å². The van der Waals surface area contributed by atoms with Crippen LogP contribution in [0, 0.1) is 12.8 Å². The SMILES string of the molecule is Cc1cccc(/C=C/S(=O)(=O)NC2C3CCC(O3)C2C/C=C/CCCC(=O)O)c1. The fourth-order valence-corrected chi connectivity index (χ4v) is 5.27. The van der Waals surface area contributed by atoms with Crippen molar-refractivity contribution >= 4 is 22.1 Å². The van der Waals surface area contributed by atoms with Gasteiger partial charge in [0.25, 0.3) is 0 Å². The molecule has 0 radical (unpaired) electrons. The first kappa shape index (κ1) is 21.7. The van der Waals surface area contributed by atoms with E-state index in [-0.39, 0.29) is 30.6 Å². The lowest BCUT2D eigenvalue weighted by molar-refractivity contribution is -0.137. The van der Waals surface area contributed by atoms with E-state index >= 15 is 0 Å². The first-order valence-electron chi connectivity index (χ1n) is 10.1. The molecule has 2 heterocycles. The maximum Gasteiger partial charge on any atom is 0.303 e. The van der Waals surface area contributed by atoms with E-state index in [0.29, 0.717) is 12.8 Å². The average molecular weight is 420 g/mol. The van der Waals surface area contributed by atoms with Gasteiger partial charge in [0, 0.05) is 17.7 Å².